The minimum Gasteiger partial charge on any atom is -0.481 e. The predicted molar refractivity (Wildman–Crippen MR) is 119 cm³/mol. The van der Waals surface area contributed by atoms with Gasteiger partial charge in [0.1, 0.15) is 10.7 Å². The Balaban J connectivity index is 1.61. The molecule has 0 aliphatic heterocycles. The van der Waals surface area contributed by atoms with Crippen LogP contribution in [0.4, 0.5) is 0 Å². The molecule has 0 bridgehead atoms. The van der Waals surface area contributed by atoms with Crippen molar-refractivity contribution in [3.05, 3.63) is 66.7 Å². The van der Waals surface area contributed by atoms with E-state index in [1.165, 1.54) is 0 Å². The molecule has 1 N–H and O–H groups in total. The van der Waals surface area contributed by atoms with Gasteiger partial charge in [-0.25, -0.2) is 0 Å². The number of rotatable bonds is 11. The Morgan fingerprint density at radius 2 is 1.41 bits per heavy atom. The van der Waals surface area contributed by atoms with E-state index in [1.807, 2.05) is 36.4 Å². The van der Waals surface area contributed by atoms with Crippen LogP contribution in [0.1, 0.15) is 38.5 Å². The lowest BCUT2D eigenvalue weighted by Crippen LogP contribution is -1.95. The molecule has 2 aromatic carbocycles. The highest BCUT2D eigenvalue weighted by Crippen LogP contribution is 2.32. The lowest BCUT2D eigenvalue weighted by atomic mass is 10.0. The van der Waals surface area contributed by atoms with Crippen LogP contribution < -0.4 is 0 Å². The Morgan fingerprint density at radius 1 is 0.793 bits per heavy atom. The summed E-state index contributed by atoms with van der Waals surface area (Å²) >= 11 is 1.73. The van der Waals surface area contributed by atoms with Gasteiger partial charge in [-0.15, -0.1) is 22.0 Å². The summed E-state index contributed by atoms with van der Waals surface area (Å²) in [6, 6.07) is 22.6. The molecule has 0 fully saturated rings. The van der Waals surface area contributed by atoms with Crippen molar-refractivity contribution in [1.29, 1.82) is 0 Å². The molecule has 0 radical (unpaired) electrons. The van der Waals surface area contributed by atoms with E-state index >= 15 is 0 Å². The first-order valence-corrected chi connectivity index (χ1v) is 11.1. The topological polar surface area (TPSA) is 63.1 Å². The van der Waals surface area contributed by atoms with Crippen LogP contribution in [-0.4, -0.2) is 27.0 Å². The third-order valence-electron chi connectivity index (χ3n) is 4.69. The zero-order chi connectivity index (χ0) is 20.3. The number of hydrogen-bond acceptors (Lipinski definition) is 4. The molecule has 0 aliphatic rings. The second kappa shape index (κ2) is 11.4. The summed E-state index contributed by atoms with van der Waals surface area (Å²) in [4.78, 5) is 10.5. The van der Waals surface area contributed by atoms with Gasteiger partial charge in [-0.05, 0) is 30.2 Å². The fourth-order valence-corrected chi connectivity index (χ4v) is 4.03. The maximum absolute atomic E-state index is 10.5. The molecule has 0 amide bonds. The van der Waals surface area contributed by atoms with Crippen LogP contribution in [-0.2, 0) is 4.79 Å². The SMILES string of the molecule is O=C(O)CCCCCCCSc1cc(-c2ccccc2)c(-c2ccccc2)nn1. The van der Waals surface area contributed by atoms with Gasteiger partial charge in [0, 0.05) is 17.5 Å². The minimum absolute atomic E-state index is 0.278. The second-order valence-electron chi connectivity index (χ2n) is 6.94. The van der Waals surface area contributed by atoms with Crippen molar-refractivity contribution in [2.75, 3.05) is 5.75 Å². The number of benzene rings is 2. The number of thioether (sulfide) groups is 1. The first kappa shape index (κ1) is 21.1. The Kier molecular flexibility index (Phi) is 8.25. The highest BCUT2D eigenvalue weighted by molar-refractivity contribution is 7.99. The van der Waals surface area contributed by atoms with Gasteiger partial charge < -0.3 is 5.11 Å². The van der Waals surface area contributed by atoms with Crippen molar-refractivity contribution >= 4 is 17.7 Å². The molecular formula is C24H26N2O2S. The lowest BCUT2D eigenvalue weighted by Gasteiger charge is -2.10. The average Bonchev–Trinajstić information content (AvgIpc) is 2.76. The molecule has 3 rings (SSSR count). The highest BCUT2D eigenvalue weighted by atomic mass is 32.2. The molecule has 150 valence electrons. The fourth-order valence-electron chi connectivity index (χ4n) is 3.18. The number of carbonyl (C=O) groups is 1. The summed E-state index contributed by atoms with van der Waals surface area (Å²) in [5.74, 6) is 0.291. The van der Waals surface area contributed by atoms with E-state index < -0.39 is 5.97 Å². The number of aliphatic carboxylic acids is 1. The Bertz CT molecular complexity index is 901. The van der Waals surface area contributed by atoms with E-state index in [-0.39, 0.29) is 6.42 Å². The zero-order valence-corrected chi connectivity index (χ0v) is 17.3. The van der Waals surface area contributed by atoms with Gasteiger partial charge in [-0.1, -0.05) is 79.9 Å². The molecule has 5 heteroatoms. The number of aromatic nitrogens is 2. The van der Waals surface area contributed by atoms with Gasteiger partial charge in [0.15, 0.2) is 0 Å². The van der Waals surface area contributed by atoms with Crippen LogP contribution >= 0.6 is 11.8 Å². The summed E-state index contributed by atoms with van der Waals surface area (Å²) in [5.41, 5.74) is 4.21. The minimum atomic E-state index is -0.702. The molecule has 4 nitrogen and oxygen atoms in total. The zero-order valence-electron chi connectivity index (χ0n) is 16.5. The number of unbranched alkanes of at least 4 members (excludes halogenated alkanes) is 4. The maximum Gasteiger partial charge on any atom is 0.303 e. The van der Waals surface area contributed by atoms with E-state index in [4.69, 9.17) is 5.11 Å². The highest BCUT2D eigenvalue weighted by Gasteiger charge is 2.11. The Morgan fingerprint density at radius 3 is 2.10 bits per heavy atom. The van der Waals surface area contributed by atoms with E-state index in [1.54, 1.807) is 11.8 Å². The lowest BCUT2D eigenvalue weighted by molar-refractivity contribution is -0.137. The van der Waals surface area contributed by atoms with Crippen molar-refractivity contribution in [2.24, 2.45) is 0 Å². The van der Waals surface area contributed by atoms with E-state index in [0.29, 0.717) is 0 Å². The summed E-state index contributed by atoms with van der Waals surface area (Å²) in [5, 5.41) is 18.6. The molecule has 1 heterocycles. The number of nitrogens with zero attached hydrogens (tertiary/aromatic N) is 2. The van der Waals surface area contributed by atoms with Gasteiger partial charge in [-0.3, -0.25) is 4.79 Å². The van der Waals surface area contributed by atoms with Gasteiger partial charge >= 0.3 is 5.97 Å². The third-order valence-corrected chi connectivity index (χ3v) is 5.68. The first-order chi connectivity index (χ1) is 14.2. The summed E-state index contributed by atoms with van der Waals surface area (Å²) in [7, 11) is 0. The van der Waals surface area contributed by atoms with Gasteiger partial charge in [0.25, 0.3) is 0 Å². The maximum atomic E-state index is 10.5. The van der Waals surface area contributed by atoms with Crippen LogP contribution in [0.25, 0.3) is 22.4 Å². The van der Waals surface area contributed by atoms with Gasteiger partial charge in [0.05, 0.1) is 0 Å². The summed E-state index contributed by atoms with van der Waals surface area (Å²) < 4.78 is 0. The van der Waals surface area contributed by atoms with Crippen molar-refractivity contribution < 1.29 is 9.90 Å². The van der Waals surface area contributed by atoms with Crippen molar-refractivity contribution in [3.8, 4) is 22.4 Å². The van der Waals surface area contributed by atoms with Crippen molar-refractivity contribution in [2.45, 2.75) is 43.6 Å². The largest absolute Gasteiger partial charge is 0.481 e. The first-order valence-electron chi connectivity index (χ1n) is 10.1. The molecule has 0 aliphatic carbocycles. The average molecular weight is 407 g/mol. The van der Waals surface area contributed by atoms with Crippen molar-refractivity contribution in [3.63, 3.8) is 0 Å². The normalized spacial score (nSPS) is 10.8. The van der Waals surface area contributed by atoms with Crippen LogP contribution in [0.3, 0.4) is 0 Å². The quantitative estimate of drug-likeness (QED) is 0.298. The monoisotopic (exact) mass is 406 g/mol. The molecular weight excluding hydrogens is 380 g/mol. The molecule has 3 aromatic rings. The fraction of sp³-hybridized carbons (Fsp3) is 0.292. The number of carboxylic acids is 1. The Hall–Kier alpha value is -2.66. The molecule has 0 atom stereocenters. The molecule has 0 unspecified atom stereocenters. The summed E-state index contributed by atoms with van der Waals surface area (Å²) in [6.07, 6.45) is 5.34. The molecule has 0 spiro atoms. The van der Waals surface area contributed by atoms with Crippen LogP contribution in [0.5, 0.6) is 0 Å². The predicted octanol–water partition coefficient (Wildman–Crippen LogP) is 6.33. The molecule has 1 aromatic heterocycles. The molecule has 0 saturated heterocycles. The van der Waals surface area contributed by atoms with Crippen molar-refractivity contribution in [1.82, 2.24) is 10.2 Å². The van der Waals surface area contributed by atoms with Crippen LogP contribution in [0, 0.1) is 0 Å². The molecule has 0 saturated carbocycles. The smallest absolute Gasteiger partial charge is 0.303 e. The van der Waals surface area contributed by atoms with E-state index in [0.717, 1.165) is 65.3 Å². The van der Waals surface area contributed by atoms with Crippen LogP contribution in [0.15, 0.2) is 71.8 Å². The number of carboxylic acid groups (broad SMARTS) is 1. The number of hydrogen-bond donors (Lipinski definition) is 1. The standard InChI is InChI=1S/C24H26N2O2S/c27-23(28)16-10-2-1-3-11-17-29-22-18-21(19-12-6-4-7-13-19)24(26-25-22)20-14-8-5-9-15-20/h4-9,12-15,18H,1-3,10-11,16-17H2,(H,27,28). The molecule has 29 heavy (non-hydrogen) atoms. The van der Waals surface area contributed by atoms with Gasteiger partial charge in [-0.2, -0.15) is 0 Å². The van der Waals surface area contributed by atoms with E-state index in [2.05, 4.69) is 40.5 Å². The van der Waals surface area contributed by atoms with Crippen LogP contribution in [0.2, 0.25) is 0 Å². The second-order valence-corrected chi connectivity index (χ2v) is 8.05. The van der Waals surface area contributed by atoms with E-state index in [9.17, 15) is 4.79 Å². The Labute approximate surface area is 176 Å². The summed E-state index contributed by atoms with van der Waals surface area (Å²) in [6.45, 7) is 0. The van der Waals surface area contributed by atoms with Gasteiger partial charge in [0.2, 0.25) is 0 Å². The third kappa shape index (κ3) is 6.71.